The zero-order chi connectivity index (χ0) is 24.8. The molecule has 5 rings (SSSR count). The number of nitriles is 1. The Morgan fingerprint density at radius 2 is 1.97 bits per heavy atom. The molecule has 2 saturated heterocycles. The first-order chi connectivity index (χ1) is 16.8. The number of H-pyrrole nitrogens is 1. The van der Waals surface area contributed by atoms with Crippen LogP contribution in [-0.4, -0.2) is 53.7 Å². The second-order valence-corrected chi connectivity index (χ2v) is 9.50. The molecule has 2 fully saturated rings. The van der Waals surface area contributed by atoms with Gasteiger partial charge in [-0.05, 0) is 54.7 Å². The van der Waals surface area contributed by atoms with Crippen molar-refractivity contribution in [1.82, 2.24) is 9.88 Å². The van der Waals surface area contributed by atoms with Gasteiger partial charge in [0.15, 0.2) is 0 Å². The number of halogens is 3. The van der Waals surface area contributed by atoms with Crippen LogP contribution in [0.25, 0.3) is 10.9 Å². The molecule has 3 aromatic rings. The summed E-state index contributed by atoms with van der Waals surface area (Å²) in [7, 11) is 0. The highest BCUT2D eigenvalue weighted by molar-refractivity contribution is 6.06. The molecule has 0 bridgehead atoms. The molecular weight excluding hydrogens is 457 g/mol. The molecule has 0 aliphatic carbocycles. The molecule has 1 aromatic heterocycles. The summed E-state index contributed by atoms with van der Waals surface area (Å²) in [5.41, 5.74) is 0.327. The first kappa shape index (κ1) is 23.2. The fourth-order valence-corrected chi connectivity index (χ4v) is 5.72. The Balaban J connectivity index is 1.34. The Labute approximate surface area is 200 Å². The number of hydrogen-bond donors (Lipinski definition) is 2. The first-order valence-electron chi connectivity index (χ1n) is 11.6. The zero-order valence-corrected chi connectivity index (χ0v) is 19.0. The third-order valence-corrected chi connectivity index (χ3v) is 7.70. The summed E-state index contributed by atoms with van der Waals surface area (Å²) in [5, 5.41) is 20.1. The summed E-state index contributed by atoms with van der Waals surface area (Å²) in [6.45, 7) is 1.93. The number of aliphatic hydroxyl groups is 1. The molecule has 1 amide bonds. The van der Waals surface area contributed by atoms with Crippen molar-refractivity contribution in [2.24, 2.45) is 11.3 Å². The molecule has 35 heavy (non-hydrogen) atoms. The lowest BCUT2D eigenvalue weighted by Crippen LogP contribution is -2.45. The average Bonchev–Trinajstić information content (AvgIpc) is 3.48. The number of benzene rings is 2. The van der Waals surface area contributed by atoms with E-state index >= 15 is 0 Å². The number of aliphatic hydroxyl groups excluding tert-OH is 1. The highest BCUT2D eigenvalue weighted by atomic mass is 19.4. The topological polar surface area (TPSA) is 83.4 Å². The second-order valence-electron chi connectivity index (χ2n) is 9.50. The number of anilines is 1. The van der Waals surface area contributed by atoms with Crippen LogP contribution in [-0.2, 0) is 6.18 Å². The van der Waals surface area contributed by atoms with Gasteiger partial charge in [0.1, 0.15) is 0 Å². The number of alkyl halides is 3. The lowest BCUT2D eigenvalue weighted by atomic mass is 9.71. The molecular formula is C26H25F3N4O2. The largest absolute Gasteiger partial charge is 0.417 e. The lowest BCUT2D eigenvalue weighted by Gasteiger charge is -2.43. The standard InChI is InChI=1S/C26H25F3N4O2/c27-26(28,29)22-12-19(5-4-17(22)13-30)32-10-7-25(8-11-32)16-33(14-18(25)15-34)24(35)21-2-1-3-23-20(21)6-9-31-23/h1-6,9,12,18,31,34H,7-8,10-11,14-16H2. The quantitative estimate of drug-likeness (QED) is 0.579. The molecule has 2 aromatic carbocycles. The molecule has 2 aliphatic rings. The molecule has 2 N–H and O–H groups in total. The van der Waals surface area contributed by atoms with Gasteiger partial charge in [-0.2, -0.15) is 18.4 Å². The van der Waals surface area contributed by atoms with Crippen LogP contribution in [0.4, 0.5) is 18.9 Å². The molecule has 0 radical (unpaired) electrons. The summed E-state index contributed by atoms with van der Waals surface area (Å²) in [5.74, 6) is -0.166. The third kappa shape index (κ3) is 4.02. The summed E-state index contributed by atoms with van der Waals surface area (Å²) in [4.78, 5) is 20.2. The van der Waals surface area contributed by atoms with E-state index in [9.17, 15) is 23.1 Å². The van der Waals surface area contributed by atoms with Crippen LogP contribution in [0.1, 0.15) is 34.3 Å². The van der Waals surface area contributed by atoms with Crippen LogP contribution in [0.3, 0.4) is 0 Å². The SMILES string of the molecule is N#Cc1ccc(N2CCC3(CC2)CN(C(=O)c2cccc4[nH]ccc24)CC3CO)cc1C(F)(F)F. The van der Waals surface area contributed by atoms with Crippen molar-refractivity contribution in [3.05, 3.63) is 65.4 Å². The Kier molecular flexibility index (Phi) is 5.72. The monoisotopic (exact) mass is 482 g/mol. The Morgan fingerprint density at radius 1 is 1.20 bits per heavy atom. The Bertz CT molecular complexity index is 1300. The normalized spacial score (nSPS) is 19.9. The number of hydrogen-bond acceptors (Lipinski definition) is 4. The van der Waals surface area contributed by atoms with E-state index in [1.165, 1.54) is 6.07 Å². The van der Waals surface area contributed by atoms with Crippen LogP contribution >= 0.6 is 0 Å². The van der Waals surface area contributed by atoms with Crippen molar-refractivity contribution in [2.45, 2.75) is 19.0 Å². The number of piperidine rings is 1. The predicted octanol–water partition coefficient (Wildman–Crippen LogP) is 4.41. The van der Waals surface area contributed by atoms with E-state index in [0.717, 1.165) is 17.0 Å². The van der Waals surface area contributed by atoms with Gasteiger partial charge in [0.25, 0.3) is 5.91 Å². The fourth-order valence-electron chi connectivity index (χ4n) is 5.72. The number of likely N-dealkylation sites (tertiary alicyclic amines) is 1. The van der Waals surface area contributed by atoms with Gasteiger partial charge in [-0.15, -0.1) is 0 Å². The number of aromatic nitrogens is 1. The van der Waals surface area contributed by atoms with Gasteiger partial charge in [-0.3, -0.25) is 4.79 Å². The number of amides is 1. The maximum Gasteiger partial charge on any atom is 0.417 e. The first-order valence-corrected chi connectivity index (χ1v) is 11.6. The predicted molar refractivity (Wildman–Crippen MR) is 125 cm³/mol. The number of nitrogens with one attached hydrogen (secondary N) is 1. The maximum absolute atomic E-state index is 13.4. The second kappa shape index (κ2) is 8.61. The van der Waals surface area contributed by atoms with E-state index in [0.29, 0.717) is 50.3 Å². The number of fused-ring (bicyclic) bond motifs is 1. The van der Waals surface area contributed by atoms with Crippen LogP contribution in [0, 0.1) is 22.7 Å². The van der Waals surface area contributed by atoms with Crippen molar-refractivity contribution in [3.63, 3.8) is 0 Å². The van der Waals surface area contributed by atoms with E-state index in [4.69, 9.17) is 5.26 Å². The van der Waals surface area contributed by atoms with Crippen molar-refractivity contribution in [2.75, 3.05) is 37.7 Å². The molecule has 1 atom stereocenters. The van der Waals surface area contributed by atoms with Crippen LogP contribution in [0.2, 0.25) is 0 Å². The number of aromatic amines is 1. The summed E-state index contributed by atoms with van der Waals surface area (Å²) < 4.78 is 40.3. The highest BCUT2D eigenvalue weighted by Gasteiger charge is 2.49. The van der Waals surface area contributed by atoms with Crippen molar-refractivity contribution in [1.29, 1.82) is 5.26 Å². The summed E-state index contributed by atoms with van der Waals surface area (Å²) in [6.07, 6.45) is -1.50. The van der Waals surface area contributed by atoms with Crippen LogP contribution < -0.4 is 4.90 Å². The van der Waals surface area contributed by atoms with Gasteiger partial charge >= 0.3 is 6.18 Å². The van der Waals surface area contributed by atoms with Gasteiger partial charge in [-0.1, -0.05) is 6.07 Å². The van der Waals surface area contributed by atoms with Gasteiger partial charge in [0.05, 0.1) is 17.2 Å². The molecule has 9 heteroatoms. The average molecular weight is 483 g/mol. The minimum absolute atomic E-state index is 0.0484. The number of carbonyl (C=O) groups excluding carboxylic acids is 1. The third-order valence-electron chi connectivity index (χ3n) is 7.70. The van der Waals surface area contributed by atoms with E-state index in [2.05, 4.69) is 4.98 Å². The molecule has 1 spiro atoms. The molecule has 6 nitrogen and oxygen atoms in total. The van der Waals surface area contributed by atoms with Crippen molar-refractivity contribution < 1.29 is 23.1 Å². The summed E-state index contributed by atoms with van der Waals surface area (Å²) >= 11 is 0. The van der Waals surface area contributed by atoms with E-state index in [-0.39, 0.29) is 23.8 Å². The Hall–Kier alpha value is -3.51. The van der Waals surface area contributed by atoms with Gasteiger partial charge in [-0.25, -0.2) is 0 Å². The minimum atomic E-state index is -4.60. The van der Waals surface area contributed by atoms with Crippen molar-refractivity contribution >= 4 is 22.5 Å². The highest BCUT2D eigenvalue weighted by Crippen LogP contribution is 2.46. The lowest BCUT2D eigenvalue weighted by molar-refractivity contribution is -0.137. The molecule has 1 unspecified atom stereocenters. The van der Waals surface area contributed by atoms with Crippen molar-refractivity contribution in [3.8, 4) is 6.07 Å². The maximum atomic E-state index is 13.4. The smallest absolute Gasteiger partial charge is 0.396 e. The minimum Gasteiger partial charge on any atom is -0.396 e. The van der Waals surface area contributed by atoms with Gasteiger partial charge in [0.2, 0.25) is 0 Å². The summed E-state index contributed by atoms with van der Waals surface area (Å²) in [6, 6.07) is 12.9. The fraction of sp³-hybridized carbons (Fsp3) is 0.385. The zero-order valence-electron chi connectivity index (χ0n) is 19.0. The van der Waals surface area contributed by atoms with Crippen LogP contribution in [0.15, 0.2) is 48.7 Å². The molecule has 3 heterocycles. The Morgan fingerprint density at radius 3 is 2.66 bits per heavy atom. The van der Waals surface area contributed by atoms with E-state index < -0.39 is 17.3 Å². The molecule has 2 aliphatic heterocycles. The molecule has 182 valence electrons. The van der Waals surface area contributed by atoms with E-state index in [1.807, 2.05) is 34.1 Å². The van der Waals surface area contributed by atoms with Gasteiger partial charge in [0, 0.05) is 67.1 Å². The number of carbonyl (C=O) groups is 1. The van der Waals surface area contributed by atoms with Crippen LogP contribution in [0.5, 0.6) is 0 Å². The molecule has 0 saturated carbocycles. The number of nitrogens with zero attached hydrogens (tertiary/aromatic N) is 3. The van der Waals surface area contributed by atoms with E-state index in [1.54, 1.807) is 18.3 Å². The number of rotatable bonds is 3. The van der Waals surface area contributed by atoms with Gasteiger partial charge < -0.3 is 19.9 Å².